The number of benzene rings is 1. The number of likely N-dealkylation sites (tertiary alicyclic amines) is 1. The number of nitrogens with two attached hydrogens (primary N) is 1. The minimum absolute atomic E-state index is 0.0450. The lowest BCUT2D eigenvalue weighted by Gasteiger charge is -2.39. The largest absolute Gasteiger partial charge is 0.444 e. The maximum atomic E-state index is 11.9. The summed E-state index contributed by atoms with van der Waals surface area (Å²) in [6, 6.07) is 9.76. The van der Waals surface area contributed by atoms with Crippen LogP contribution in [-0.4, -0.2) is 54.3 Å². The standard InChI is InChI=1S/C19H29N3O4/c1-19(2,3)26-18(24)22-11-16(12-22)25-13-15(9-17(20)23)21-10-14-7-5-4-6-8-14/h4-8,15-16,21H,9-13H2,1-3H3,(H2,20,23). The maximum absolute atomic E-state index is 11.9. The summed E-state index contributed by atoms with van der Waals surface area (Å²) in [5.74, 6) is -0.372. The number of amides is 2. The molecule has 26 heavy (non-hydrogen) atoms. The molecule has 1 heterocycles. The molecule has 0 saturated carbocycles. The van der Waals surface area contributed by atoms with Crippen LogP contribution in [0.5, 0.6) is 0 Å². The number of nitrogens with one attached hydrogen (secondary N) is 1. The summed E-state index contributed by atoms with van der Waals surface area (Å²) >= 11 is 0. The third-order valence-electron chi connectivity index (χ3n) is 3.92. The van der Waals surface area contributed by atoms with Gasteiger partial charge >= 0.3 is 6.09 Å². The van der Waals surface area contributed by atoms with E-state index in [4.69, 9.17) is 15.2 Å². The lowest BCUT2D eigenvalue weighted by atomic mass is 10.1. The zero-order valence-corrected chi connectivity index (χ0v) is 15.7. The second-order valence-electron chi connectivity index (χ2n) is 7.57. The first-order valence-electron chi connectivity index (χ1n) is 8.88. The second-order valence-corrected chi connectivity index (χ2v) is 7.57. The van der Waals surface area contributed by atoms with Crippen molar-refractivity contribution < 1.29 is 19.1 Å². The van der Waals surface area contributed by atoms with Crippen molar-refractivity contribution in [2.75, 3.05) is 19.7 Å². The van der Waals surface area contributed by atoms with Gasteiger partial charge in [-0.2, -0.15) is 0 Å². The fraction of sp³-hybridized carbons (Fsp3) is 0.579. The van der Waals surface area contributed by atoms with Crippen molar-refractivity contribution in [1.29, 1.82) is 0 Å². The van der Waals surface area contributed by atoms with E-state index in [1.54, 1.807) is 4.90 Å². The molecular formula is C19H29N3O4. The summed E-state index contributed by atoms with van der Waals surface area (Å²) in [5.41, 5.74) is 5.96. The molecule has 0 aliphatic carbocycles. The molecule has 7 nitrogen and oxygen atoms in total. The highest BCUT2D eigenvalue weighted by molar-refractivity contribution is 5.74. The minimum Gasteiger partial charge on any atom is -0.444 e. The van der Waals surface area contributed by atoms with E-state index in [9.17, 15) is 9.59 Å². The third-order valence-corrected chi connectivity index (χ3v) is 3.92. The second kappa shape index (κ2) is 9.00. The van der Waals surface area contributed by atoms with Crippen molar-refractivity contribution in [3.8, 4) is 0 Å². The number of ether oxygens (including phenoxy) is 2. The molecule has 0 spiro atoms. The fourth-order valence-electron chi connectivity index (χ4n) is 2.56. The molecule has 144 valence electrons. The molecule has 2 amide bonds. The zero-order valence-electron chi connectivity index (χ0n) is 15.7. The van der Waals surface area contributed by atoms with Crippen LogP contribution in [0.1, 0.15) is 32.8 Å². The van der Waals surface area contributed by atoms with Gasteiger partial charge in [-0.3, -0.25) is 4.79 Å². The highest BCUT2D eigenvalue weighted by atomic mass is 16.6. The predicted octanol–water partition coefficient (Wildman–Crippen LogP) is 1.66. The molecule has 1 aliphatic rings. The van der Waals surface area contributed by atoms with Gasteiger partial charge in [0.2, 0.25) is 5.91 Å². The Hall–Kier alpha value is -2.12. The van der Waals surface area contributed by atoms with Gasteiger partial charge in [0.25, 0.3) is 0 Å². The summed E-state index contributed by atoms with van der Waals surface area (Å²) in [5, 5.41) is 3.30. The lowest BCUT2D eigenvalue weighted by Crippen LogP contribution is -2.56. The Bertz CT molecular complexity index is 595. The van der Waals surface area contributed by atoms with E-state index in [0.29, 0.717) is 26.2 Å². The number of hydrogen-bond acceptors (Lipinski definition) is 5. The van der Waals surface area contributed by atoms with Gasteiger partial charge in [-0.05, 0) is 26.3 Å². The van der Waals surface area contributed by atoms with Gasteiger partial charge in [-0.25, -0.2) is 4.79 Å². The Morgan fingerprint density at radius 1 is 1.27 bits per heavy atom. The van der Waals surface area contributed by atoms with E-state index in [1.165, 1.54) is 0 Å². The van der Waals surface area contributed by atoms with Crippen LogP contribution in [0.4, 0.5) is 4.79 Å². The van der Waals surface area contributed by atoms with Gasteiger partial charge in [0.05, 0.1) is 25.8 Å². The fourth-order valence-corrected chi connectivity index (χ4v) is 2.56. The lowest BCUT2D eigenvalue weighted by molar-refractivity contribution is -0.119. The van der Waals surface area contributed by atoms with E-state index in [1.807, 2.05) is 51.1 Å². The quantitative estimate of drug-likeness (QED) is 0.732. The molecular weight excluding hydrogens is 334 g/mol. The molecule has 1 unspecified atom stereocenters. The van der Waals surface area contributed by atoms with E-state index in [0.717, 1.165) is 5.56 Å². The Morgan fingerprint density at radius 3 is 2.50 bits per heavy atom. The Balaban J connectivity index is 1.72. The molecule has 0 radical (unpaired) electrons. The van der Waals surface area contributed by atoms with Crippen LogP contribution in [0.3, 0.4) is 0 Å². The molecule has 7 heteroatoms. The van der Waals surface area contributed by atoms with Gasteiger partial charge in [-0.1, -0.05) is 30.3 Å². The summed E-state index contributed by atoms with van der Waals surface area (Å²) in [6.07, 6.45) is -0.167. The van der Waals surface area contributed by atoms with Crippen LogP contribution in [0, 0.1) is 0 Å². The van der Waals surface area contributed by atoms with Crippen molar-refractivity contribution in [2.45, 2.75) is 51.5 Å². The normalized spacial score (nSPS) is 16.0. The van der Waals surface area contributed by atoms with Crippen LogP contribution >= 0.6 is 0 Å². The maximum Gasteiger partial charge on any atom is 0.410 e. The van der Waals surface area contributed by atoms with Gasteiger partial charge in [0, 0.05) is 19.0 Å². The highest BCUT2D eigenvalue weighted by Gasteiger charge is 2.34. The Morgan fingerprint density at radius 2 is 1.92 bits per heavy atom. The molecule has 0 bridgehead atoms. The van der Waals surface area contributed by atoms with Crippen molar-refractivity contribution in [1.82, 2.24) is 10.2 Å². The number of nitrogens with zero attached hydrogens (tertiary/aromatic N) is 1. The van der Waals surface area contributed by atoms with Gasteiger partial charge in [0.15, 0.2) is 0 Å². The highest BCUT2D eigenvalue weighted by Crippen LogP contribution is 2.17. The first kappa shape index (κ1) is 20.2. The van der Waals surface area contributed by atoms with Gasteiger partial charge in [0.1, 0.15) is 5.60 Å². The van der Waals surface area contributed by atoms with E-state index >= 15 is 0 Å². The molecule has 1 atom stereocenters. The Kier molecular flexibility index (Phi) is 6.99. The van der Waals surface area contributed by atoms with Crippen molar-refractivity contribution in [3.63, 3.8) is 0 Å². The molecule has 1 aromatic rings. The smallest absolute Gasteiger partial charge is 0.410 e. The molecule has 2 rings (SSSR count). The van der Waals surface area contributed by atoms with E-state index in [-0.39, 0.29) is 30.6 Å². The van der Waals surface area contributed by atoms with Crippen LogP contribution in [-0.2, 0) is 20.8 Å². The van der Waals surface area contributed by atoms with Crippen LogP contribution in [0.15, 0.2) is 30.3 Å². The van der Waals surface area contributed by atoms with Gasteiger partial charge < -0.3 is 25.4 Å². The number of carbonyl (C=O) groups is 2. The number of hydrogen-bond donors (Lipinski definition) is 2. The summed E-state index contributed by atoms with van der Waals surface area (Å²) in [7, 11) is 0. The van der Waals surface area contributed by atoms with Crippen molar-refractivity contribution >= 4 is 12.0 Å². The summed E-state index contributed by atoms with van der Waals surface area (Å²) in [6.45, 7) is 7.51. The topological polar surface area (TPSA) is 93.9 Å². The average Bonchev–Trinajstić information content (AvgIpc) is 2.49. The first-order valence-corrected chi connectivity index (χ1v) is 8.88. The van der Waals surface area contributed by atoms with Crippen LogP contribution < -0.4 is 11.1 Å². The Labute approximate surface area is 154 Å². The number of carbonyl (C=O) groups excluding carboxylic acids is 2. The molecule has 3 N–H and O–H groups in total. The molecule has 1 saturated heterocycles. The third kappa shape index (κ3) is 7.01. The molecule has 0 aromatic heterocycles. The number of rotatable bonds is 8. The van der Waals surface area contributed by atoms with Crippen molar-refractivity contribution in [2.24, 2.45) is 5.73 Å². The molecule has 1 fully saturated rings. The molecule has 1 aliphatic heterocycles. The zero-order chi connectivity index (χ0) is 19.2. The van der Waals surface area contributed by atoms with Gasteiger partial charge in [-0.15, -0.1) is 0 Å². The SMILES string of the molecule is CC(C)(C)OC(=O)N1CC(OCC(CC(N)=O)NCc2ccccc2)C1. The van der Waals surface area contributed by atoms with E-state index < -0.39 is 5.60 Å². The minimum atomic E-state index is -0.503. The van der Waals surface area contributed by atoms with Crippen LogP contribution in [0.25, 0.3) is 0 Å². The summed E-state index contributed by atoms with van der Waals surface area (Å²) in [4.78, 5) is 24.8. The first-order chi connectivity index (χ1) is 12.2. The monoisotopic (exact) mass is 363 g/mol. The van der Waals surface area contributed by atoms with Crippen LogP contribution in [0.2, 0.25) is 0 Å². The molecule has 1 aromatic carbocycles. The number of primary amides is 1. The summed E-state index contributed by atoms with van der Waals surface area (Å²) < 4.78 is 11.1. The average molecular weight is 363 g/mol. The predicted molar refractivity (Wildman–Crippen MR) is 98.4 cm³/mol. The van der Waals surface area contributed by atoms with Crippen molar-refractivity contribution in [3.05, 3.63) is 35.9 Å². The van der Waals surface area contributed by atoms with E-state index in [2.05, 4.69) is 5.32 Å².